The Labute approximate surface area is 181 Å². The fourth-order valence-electron chi connectivity index (χ4n) is 3.11. The molecule has 3 aromatic rings. The highest BCUT2D eigenvalue weighted by molar-refractivity contribution is 6.40. The normalized spacial score (nSPS) is 12.1. The monoisotopic (exact) mass is 447 g/mol. The molecule has 8 nitrogen and oxygen atoms in total. The third-order valence-electron chi connectivity index (χ3n) is 4.38. The lowest BCUT2D eigenvalue weighted by Crippen LogP contribution is -2.34. The Balaban J connectivity index is 2.00. The lowest BCUT2D eigenvalue weighted by atomic mass is 10.1. The molecule has 0 fully saturated rings. The van der Waals surface area contributed by atoms with E-state index in [1.165, 1.54) is 6.07 Å². The summed E-state index contributed by atoms with van der Waals surface area (Å²) in [5.74, 6) is 0.260. The van der Waals surface area contributed by atoms with Crippen molar-refractivity contribution in [1.29, 1.82) is 0 Å². The molecule has 0 atom stereocenters. The van der Waals surface area contributed by atoms with Gasteiger partial charge in [0, 0.05) is 11.5 Å². The number of hydrogen-bond acceptors (Lipinski definition) is 6. The maximum absolute atomic E-state index is 12.7. The Bertz CT molecular complexity index is 1160. The van der Waals surface area contributed by atoms with Crippen LogP contribution in [0.3, 0.4) is 0 Å². The van der Waals surface area contributed by atoms with E-state index in [0.29, 0.717) is 22.4 Å². The lowest BCUT2D eigenvalue weighted by Gasteiger charge is -2.24. The maximum Gasteiger partial charge on any atom is 0.341 e. The summed E-state index contributed by atoms with van der Waals surface area (Å²) in [5, 5.41) is 0.896. The SMILES string of the molecule is CCOC(=O)c1cc2cc3c(cc2nc1N(C(N)=O)c1c(Cl)cccc1Cl)OCO3. The van der Waals surface area contributed by atoms with Gasteiger partial charge in [-0.05, 0) is 31.2 Å². The van der Waals surface area contributed by atoms with E-state index in [-0.39, 0.29) is 40.5 Å². The summed E-state index contributed by atoms with van der Waals surface area (Å²) in [4.78, 5) is 30.7. The zero-order chi connectivity index (χ0) is 21.4. The van der Waals surface area contributed by atoms with Crippen molar-refractivity contribution in [3.05, 3.63) is 52.0 Å². The van der Waals surface area contributed by atoms with Crippen LogP contribution in [0.1, 0.15) is 17.3 Å². The number of halogens is 2. The van der Waals surface area contributed by atoms with Crippen LogP contribution in [0.4, 0.5) is 16.3 Å². The van der Waals surface area contributed by atoms with Crippen molar-refractivity contribution in [2.75, 3.05) is 18.3 Å². The van der Waals surface area contributed by atoms with Crippen LogP contribution >= 0.6 is 23.2 Å². The molecular formula is C20H15Cl2N3O5. The van der Waals surface area contributed by atoms with Crippen molar-refractivity contribution in [3.63, 3.8) is 0 Å². The molecule has 0 radical (unpaired) electrons. The maximum atomic E-state index is 12.7. The number of fused-ring (bicyclic) bond motifs is 2. The van der Waals surface area contributed by atoms with Gasteiger partial charge in [-0.1, -0.05) is 29.3 Å². The number of anilines is 2. The zero-order valence-corrected chi connectivity index (χ0v) is 17.2. The number of aromatic nitrogens is 1. The molecule has 0 saturated carbocycles. The van der Waals surface area contributed by atoms with Gasteiger partial charge < -0.3 is 19.9 Å². The topological polar surface area (TPSA) is 104 Å². The number of hydrogen-bond donors (Lipinski definition) is 1. The minimum Gasteiger partial charge on any atom is -0.462 e. The summed E-state index contributed by atoms with van der Waals surface area (Å²) in [6, 6.07) is 8.65. The number of nitrogens with two attached hydrogens (primary N) is 1. The third-order valence-corrected chi connectivity index (χ3v) is 4.99. The Hall–Kier alpha value is -3.23. The predicted molar refractivity (Wildman–Crippen MR) is 112 cm³/mol. The molecule has 1 aliphatic heterocycles. The number of carbonyl (C=O) groups excluding carboxylic acids is 2. The first-order valence-electron chi connectivity index (χ1n) is 8.85. The molecule has 10 heteroatoms. The van der Waals surface area contributed by atoms with Crippen LogP contribution in [-0.2, 0) is 4.74 Å². The molecule has 30 heavy (non-hydrogen) atoms. The van der Waals surface area contributed by atoms with Gasteiger partial charge in [-0.3, -0.25) is 0 Å². The largest absolute Gasteiger partial charge is 0.462 e. The summed E-state index contributed by atoms with van der Waals surface area (Å²) in [6.45, 7) is 1.87. The van der Waals surface area contributed by atoms with Crippen molar-refractivity contribution in [1.82, 2.24) is 4.98 Å². The van der Waals surface area contributed by atoms with Crippen LogP contribution in [0.2, 0.25) is 10.0 Å². The molecule has 2 amide bonds. The summed E-state index contributed by atoms with van der Waals surface area (Å²) < 4.78 is 15.9. The fraction of sp³-hybridized carbons (Fsp3) is 0.150. The van der Waals surface area contributed by atoms with Gasteiger partial charge in [0.1, 0.15) is 5.56 Å². The molecule has 0 saturated heterocycles. The molecule has 2 heterocycles. The van der Waals surface area contributed by atoms with E-state index in [1.54, 1.807) is 37.3 Å². The fourth-order valence-corrected chi connectivity index (χ4v) is 3.67. The van der Waals surface area contributed by atoms with Gasteiger partial charge in [0.2, 0.25) is 6.79 Å². The highest BCUT2D eigenvalue weighted by Gasteiger charge is 2.29. The summed E-state index contributed by atoms with van der Waals surface area (Å²) in [5.41, 5.74) is 6.21. The van der Waals surface area contributed by atoms with Gasteiger partial charge in [0.05, 0.1) is 27.9 Å². The number of esters is 1. The van der Waals surface area contributed by atoms with Gasteiger partial charge in [-0.25, -0.2) is 19.5 Å². The average molecular weight is 448 g/mol. The summed E-state index contributed by atoms with van der Waals surface area (Å²) in [6.07, 6.45) is 0. The van der Waals surface area contributed by atoms with Crippen molar-refractivity contribution in [2.45, 2.75) is 6.92 Å². The van der Waals surface area contributed by atoms with E-state index in [4.69, 9.17) is 43.1 Å². The van der Waals surface area contributed by atoms with E-state index in [1.807, 2.05) is 0 Å². The molecule has 0 unspecified atom stereocenters. The van der Waals surface area contributed by atoms with E-state index < -0.39 is 12.0 Å². The van der Waals surface area contributed by atoms with E-state index in [2.05, 4.69) is 4.98 Å². The smallest absolute Gasteiger partial charge is 0.341 e. The van der Waals surface area contributed by atoms with Crippen molar-refractivity contribution < 1.29 is 23.8 Å². The van der Waals surface area contributed by atoms with Gasteiger partial charge in [0.15, 0.2) is 17.3 Å². The van der Waals surface area contributed by atoms with Crippen LogP contribution < -0.4 is 20.1 Å². The van der Waals surface area contributed by atoms with Gasteiger partial charge in [0.25, 0.3) is 0 Å². The summed E-state index contributed by atoms with van der Waals surface area (Å²) >= 11 is 12.6. The number of pyridine rings is 1. The number of amides is 2. The summed E-state index contributed by atoms with van der Waals surface area (Å²) in [7, 11) is 0. The van der Waals surface area contributed by atoms with E-state index >= 15 is 0 Å². The van der Waals surface area contributed by atoms with Crippen molar-refractivity contribution in [2.24, 2.45) is 5.73 Å². The second-order valence-corrected chi connectivity index (χ2v) is 7.04. The number of ether oxygens (including phenoxy) is 3. The molecule has 0 spiro atoms. The first-order chi connectivity index (χ1) is 14.4. The number of carbonyl (C=O) groups is 2. The molecule has 2 N–H and O–H groups in total. The zero-order valence-electron chi connectivity index (χ0n) is 15.6. The molecule has 4 rings (SSSR count). The number of nitrogens with zero attached hydrogens (tertiary/aromatic N) is 2. The molecule has 0 aliphatic carbocycles. The van der Waals surface area contributed by atoms with Crippen LogP contribution in [0.15, 0.2) is 36.4 Å². The standard InChI is InChI=1S/C20H15Cl2N3O5/c1-2-28-19(26)11-6-10-7-15-16(30-9-29-15)8-14(10)24-18(11)25(20(23)27)17-12(21)4-3-5-13(17)22/h3-8H,2,9H2,1H3,(H2,23,27). The minimum atomic E-state index is -0.928. The third kappa shape index (κ3) is 3.44. The first-order valence-corrected chi connectivity index (χ1v) is 9.61. The number of para-hydroxylation sites is 1. The average Bonchev–Trinajstić information content (AvgIpc) is 3.15. The minimum absolute atomic E-state index is 0.0120. The Morgan fingerprint density at radius 1 is 1.17 bits per heavy atom. The van der Waals surface area contributed by atoms with Crippen LogP contribution in [0, 0.1) is 0 Å². The van der Waals surface area contributed by atoms with Gasteiger partial charge >= 0.3 is 12.0 Å². The van der Waals surface area contributed by atoms with E-state index in [0.717, 1.165) is 4.90 Å². The Morgan fingerprint density at radius 2 is 1.83 bits per heavy atom. The van der Waals surface area contributed by atoms with Crippen molar-refractivity contribution >= 4 is 57.6 Å². The molecule has 1 aliphatic rings. The number of rotatable bonds is 4. The first kappa shape index (κ1) is 20.1. The Kier molecular flexibility index (Phi) is 5.27. The molecule has 154 valence electrons. The van der Waals surface area contributed by atoms with Gasteiger partial charge in [-0.15, -0.1) is 0 Å². The van der Waals surface area contributed by atoms with Crippen molar-refractivity contribution in [3.8, 4) is 11.5 Å². The quantitative estimate of drug-likeness (QED) is 0.582. The molecular weight excluding hydrogens is 433 g/mol. The van der Waals surface area contributed by atoms with E-state index in [9.17, 15) is 9.59 Å². The predicted octanol–water partition coefficient (Wildman–Crippen LogP) is 4.66. The molecule has 0 bridgehead atoms. The van der Waals surface area contributed by atoms with Gasteiger partial charge in [-0.2, -0.15) is 0 Å². The lowest BCUT2D eigenvalue weighted by molar-refractivity contribution is 0.0527. The molecule has 2 aromatic carbocycles. The highest BCUT2D eigenvalue weighted by atomic mass is 35.5. The van der Waals surface area contributed by atoms with Crippen LogP contribution in [0.5, 0.6) is 11.5 Å². The Morgan fingerprint density at radius 3 is 2.47 bits per heavy atom. The second kappa shape index (κ2) is 7.89. The number of primary amides is 1. The highest BCUT2D eigenvalue weighted by Crippen LogP contribution is 2.41. The van der Waals surface area contributed by atoms with Crippen LogP contribution in [0.25, 0.3) is 10.9 Å². The second-order valence-electron chi connectivity index (χ2n) is 6.22. The molecule has 1 aromatic heterocycles. The number of benzene rings is 2. The number of urea groups is 1. The van der Waals surface area contributed by atoms with Crippen LogP contribution in [-0.4, -0.2) is 30.4 Å².